The zero-order chi connectivity index (χ0) is 12.6. The van der Waals surface area contributed by atoms with Gasteiger partial charge in [-0.15, -0.1) is 0 Å². The number of hydrogen-bond acceptors (Lipinski definition) is 1. The van der Waals surface area contributed by atoms with Gasteiger partial charge in [0.1, 0.15) is 0 Å². The molecule has 96 valence electrons. The van der Waals surface area contributed by atoms with Crippen molar-refractivity contribution in [2.45, 2.75) is 65.6 Å². The first kappa shape index (κ1) is 12.7. The predicted octanol–water partition coefficient (Wildman–Crippen LogP) is 3.76. The Balaban J connectivity index is 2.42. The lowest BCUT2D eigenvalue weighted by molar-refractivity contribution is 0.0510. The summed E-state index contributed by atoms with van der Waals surface area (Å²) >= 11 is 0. The van der Waals surface area contributed by atoms with Gasteiger partial charge in [0, 0.05) is 36.4 Å². The summed E-state index contributed by atoms with van der Waals surface area (Å²) in [5.74, 6) is 0.668. The van der Waals surface area contributed by atoms with Gasteiger partial charge in [-0.05, 0) is 37.8 Å². The smallest absolute Gasteiger partial charge is 0.0394 e. The molecule has 1 aliphatic rings. The van der Waals surface area contributed by atoms with E-state index in [1.54, 1.807) is 0 Å². The Morgan fingerprint density at radius 2 is 2.06 bits per heavy atom. The maximum atomic E-state index is 3.44. The number of aromatic amines is 1. The van der Waals surface area contributed by atoms with Crippen molar-refractivity contribution in [3.8, 4) is 0 Å². The van der Waals surface area contributed by atoms with Crippen LogP contribution in [0, 0.1) is 5.92 Å². The molecule has 1 aromatic rings. The van der Waals surface area contributed by atoms with Crippen LogP contribution in [-0.4, -0.2) is 22.0 Å². The number of rotatable bonds is 3. The molecule has 0 saturated carbocycles. The Morgan fingerprint density at radius 3 is 2.59 bits per heavy atom. The highest BCUT2D eigenvalue weighted by molar-refractivity contribution is 5.29. The van der Waals surface area contributed by atoms with Crippen LogP contribution in [0.4, 0.5) is 0 Å². The Bertz CT molecular complexity index is 365. The Morgan fingerprint density at radius 1 is 1.35 bits per heavy atom. The third-order valence-electron chi connectivity index (χ3n) is 4.07. The zero-order valence-corrected chi connectivity index (χ0v) is 11.8. The van der Waals surface area contributed by atoms with Crippen molar-refractivity contribution in [1.29, 1.82) is 0 Å². The second-order valence-corrected chi connectivity index (χ2v) is 5.91. The minimum absolute atomic E-state index is 0.579. The summed E-state index contributed by atoms with van der Waals surface area (Å²) < 4.78 is 0. The molecule has 0 radical (unpaired) electrons. The highest BCUT2D eigenvalue weighted by atomic mass is 15.2. The van der Waals surface area contributed by atoms with Gasteiger partial charge in [0.05, 0.1) is 0 Å². The van der Waals surface area contributed by atoms with Gasteiger partial charge in [0.15, 0.2) is 0 Å². The van der Waals surface area contributed by atoms with Crippen LogP contribution in [0.5, 0.6) is 0 Å². The lowest BCUT2D eigenvalue weighted by Gasteiger charge is -2.46. The van der Waals surface area contributed by atoms with Gasteiger partial charge >= 0.3 is 0 Å². The Labute approximate surface area is 105 Å². The first-order valence-corrected chi connectivity index (χ1v) is 6.99. The van der Waals surface area contributed by atoms with Gasteiger partial charge in [-0.25, -0.2) is 0 Å². The second kappa shape index (κ2) is 4.85. The molecule has 2 nitrogen and oxygen atoms in total. The molecule has 17 heavy (non-hydrogen) atoms. The lowest BCUT2D eigenvalue weighted by Crippen LogP contribution is -2.48. The number of aromatic nitrogens is 1. The molecule has 2 heterocycles. The number of nitrogens with zero attached hydrogens (tertiary/aromatic N) is 1. The van der Waals surface area contributed by atoms with Crippen molar-refractivity contribution >= 4 is 0 Å². The van der Waals surface area contributed by atoms with E-state index in [9.17, 15) is 0 Å². The summed E-state index contributed by atoms with van der Waals surface area (Å²) in [6.45, 7) is 11.7. The van der Waals surface area contributed by atoms with Gasteiger partial charge in [0.2, 0.25) is 0 Å². The number of hydrogen-bond donors (Lipinski definition) is 1. The van der Waals surface area contributed by atoms with Crippen LogP contribution in [0.1, 0.15) is 58.3 Å². The summed E-state index contributed by atoms with van der Waals surface area (Å²) in [7, 11) is 0. The molecule has 1 N–H and O–H groups in total. The molecule has 1 aliphatic heterocycles. The van der Waals surface area contributed by atoms with E-state index < -0.39 is 0 Å². The SMILES string of the molecule is CC[C@H]1Cc2[nH]ccc2[C@@H](C(C)C)N1C(C)C. The van der Waals surface area contributed by atoms with E-state index >= 15 is 0 Å². The Hall–Kier alpha value is -0.760. The quantitative estimate of drug-likeness (QED) is 0.843. The van der Waals surface area contributed by atoms with Gasteiger partial charge in [-0.1, -0.05) is 20.8 Å². The second-order valence-electron chi connectivity index (χ2n) is 5.91. The third kappa shape index (κ3) is 2.15. The maximum absolute atomic E-state index is 3.44. The molecule has 0 spiro atoms. The van der Waals surface area contributed by atoms with Crippen LogP contribution >= 0.6 is 0 Å². The summed E-state index contributed by atoms with van der Waals surface area (Å²) in [4.78, 5) is 6.16. The molecule has 0 bridgehead atoms. The van der Waals surface area contributed by atoms with E-state index in [1.165, 1.54) is 24.1 Å². The highest BCUT2D eigenvalue weighted by Crippen LogP contribution is 2.39. The van der Waals surface area contributed by atoms with Crippen LogP contribution in [0.15, 0.2) is 12.3 Å². The molecule has 2 atom stereocenters. The largest absolute Gasteiger partial charge is 0.365 e. The normalized spacial score (nSPS) is 25.6. The van der Waals surface area contributed by atoms with Crippen molar-refractivity contribution in [2.75, 3.05) is 0 Å². The minimum atomic E-state index is 0.579. The topological polar surface area (TPSA) is 19.0 Å². The molecule has 1 aromatic heterocycles. The Kier molecular flexibility index (Phi) is 3.62. The van der Waals surface area contributed by atoms with Crippen LogP contribution in [0.2, 0.25) is 0 Å². The number of H-pyrrole nitrogens is 1. The fourth-order valence-corrected chi connectivity index (χ4v) is 3.40. The van der Waals surface area contributed by atoms with Crippen molar-refractivity contribution < 1.29 is 0 Å². The lowest BCUT2D eigenvalue weighted by atomic mass is 9.85. The highest BCUT2D eigenvalue weighted by Gasteiger charge is 2.36. The maximum Gasteiger partial charge on any atom is 0.0394 e. The summed E-state index contributed by atoms with van der Waals surface area (Å²) in [6, 6.07) is 4.17. The molecule has 2 heteroatoms. The summed E-state index contributed by atoms with van der Waals surface area (Å²) in [5.41, 5.74) is 2.99. The average Bonchev–Trinajstić information content (AvgIpc) is 2.73. The molecule has 0 saturated heterocycles. The van der Waals surface area contributed by atoms with Crippen molar-refractivity contribution in [3.05, 3.63) is 23.5 Å². The molecule has 0 aromatic carbocycles. The monoisotopic (exact) mass is 234 g/mol. The molecule has 0 unspecified atom stereocenters. The number of fused-ring (bicyclic) bond motifs is 1. The molecule has 2 rings (SSSR count). The first-order valence-electron chi connectivity index (χ1n) is 6.99. The molecule has 0 aliphatic carbocycles. The van der Waals surface area contributed by atoms with Gasteiger partial charge < -0.3 is 4.98 Å². The van der Waals surface area contributed by atoms with E-state index in [0.717, 1.165) is 0 Å². The van der Waals surface area contributed by atoms with Crippen molar-refractivity contribution in [1.82, 2.24) is 9.88 Å². The van der Waals surface area contributed by atoms with E-state index in [2.05, 4.69) is 56.8 Å². The minimum Gasteiger partial charge on any atom is -0.365 e. The fraction of sp³-hybridized carbons (Fsp3) is 0.733. The van der Waals surface area contributed by atoms with Crippen LogP contribution in [-0.2, 0) is 6.42 Å². The fourth-order valence-electron chi connectivity index (χ4n) is 3.40. The third-order valence-corrected chi connectivity index (χ3v) is 4.07. The van der Waals surface area contributed by atoms with E-state index in [-0.39, 0.29) is 0 Å². The van der Waals surface area contributed by atoms with Crippen LogP contribution in [0.25, 0.3) is 0 Å². The first-order chi connectivity index (χ1) is 8.06. The van der Waals surface area contributed by atoms with Gasteiger partial charge in [-0.3, -0.25) is 4.90 Å². The summed E-state index contributed by atoms with van der Waals surface area (Å²) in [5, 5.41) is 0. The average molecular weight is 234 g/mol. The standard InChI is InChI=1S/C15H26N2/c1-6-12-9-14-13(7-8-16-14)15(10(2)3)17(12)11(4)5/h7-8,10-12,15-16H,6,9H2,1-5H3/t12-,15+/m0/s1. The molecule has 0 fully saturated rings. The van der Waals surface area contributed by atoms with E-state index in [1.807, 2.05) is 0 Å². The zero-order valence-electron chi connectivity index (χ0n) is 11.8. The van der Waals surface area contributed by atoms with Crippen molar-refractivity contribution in [3.63, 3.8) is 0 Å². The van der Waals surface area contributed by atoms with Crippen LogP contribution in [0.3, 0.4) is 0 Å². The molecular formula is C15H26N2. The van der Waals surface area contributed by atoms with Gasteiger partial charge in [-0.2, -0.15) is 0 Å². The van der Waals surface area contributed by atoms with E-state index in [0.29, 0.717) is 24.0 Å². The van der Waals surface area contributed by atoms with Crippen LogP contribution < -0.4 is 0 Å². The van der Waals surface area contributed by atoms with Crippen molar-refractivity contribution in [2.24, 2.45) is 5.92 Å². The summed E-state index contributed by atoms with van der Waals surface area (Å²) in [6.07, 6.45) is 4.52. The van der Waals surface area contributed by atoms with Gasteiger partial charge in [0.25, 0.3) is 0 Å². The molecule has 0 amide bonds. The molecular weight excluding hydrogens is 208 g/mol. The number of nitrogens with one attached hydrogen (secondary N) is 1. The predicted molar refractivity (Wildman–Crippen MR) is 73.1 cm³/mol. The van der Waals surface area contributed by atoms with E-state index in [4.69, 9.17) is 0 Å².